The van der Waals surface area contributed by atoms with Crippen molar-refractivity contribution in [2.75, 3.05) is 39.3 Å². The molecule has 1 unspecified atom stereocenters. The first kappa shape index (κ1) is 17.0. The fraction of sp³-hybridized carbons (Fsp3) is 0.316. The van der Waals surface area contributed by atoms with Crippen molar-refractivity contribution in [2.45, 2.75) is 5.92 Å². The van der Waals surface area contributed by atoms with Crippen LogP contribution in [0.15, 0.2) is 54.6 Å². The Morgan fingerprint density at radius 2 is 1.61 bits per heavy atom. The van der Waals surface area contributed by atoms with Gasteiger partial charge in [-0.1, -0.05) is 42.5 Å². The number of rotatable bonds is 7. The third-order valence-corrected chi connectivity index (χ3v) is 3.87. The van der Waals surface area contributed by atoms with E-state index in [0.717, 1.165) is 23.4 Å². The highest BCUT2D eigenvalue weighted by atomic mass is 16.5. The molecule has 23 heavy (non-hydrogen) atoms. The second-order valence-electron chi connectivity index (χ2n) is 5.37. The van der Waals surface area contributed by atoms with Gasteiger partial charge in [0, 0.05) is 26.4 Å². The van der Waals surface area contributed by atoms with Crippen molar-refractivity contribution < 1.29 is 14.3 Å². The van der Waals surface area contributed by atoms with Crippen LogP contribution < -0.4 is 4.90 Å². The van der Waals surface area contributed by atoms with Gasteiger partial charge in [0.05, 0.1) is 13.7 Å². The van der Waals surface area contributed by atoms with Crippen molar-refractivity contribution in [3.05, 3.63) is 65.7 Å². The lowest BCUT2D eigenvalue weighted by atomic mass is 9.91. The highest BCUT2D eigenvalue weighted by Gasteiger charge is 2.23. The van der Waals surface area contributed by atoms with Gasteiger partial charge in [0.25, 0.3) is 0 Å². The molecule has 0 aromatic heterocycles. The molecule has 0 bridgehead atoms. The van der Waals surface area contributed by atoms with Crippen LogP contribution in [0.25, 0.3) is 0 Å². The second-order valence-corrected chi connectivity index (χ2v) is 5.37. The lowest BCUT2D eigenvalue weighted by Gasteiger charge is -2.20. The van der Waals surface area contributed by atoms with E-state index in [0.29, 0.717) is 6.61 Å². The largest absolute Gasteiger partial charge is 0.468 e. The number of carbonyl (C=O) groups excluding carboxylic acids is 1. The lowest BCUT2D eigenvalue weighted by molar-refractivity contribution is -0.141. The van der Waals surface area contributed by atoms with Crippen molar-refractivity contribution in [2.24, 2.45) is 0 Å². The number of ether oxygens (including phenoxy) is 2. The van der Waals surface area contributed by atoms with Crippen molar-refractivity contribution in [1.29, 1.82) is 0 Å². The minimum Gasteiger partial charge on any atom is -0.468 e. The highest BCUT2D eigenvalue weighted by Crippen LogP contribution is 2.27. The number of carbonyl (C=O) groups is 1. The monoisotopic (exact) mass is 313 g/mol. The average Bonchev–Trinajstić information content (AvgIpc) is 2.61. The molecule has 1 atom stereocenters. The van der Waals surface area contributed by atoms with Gasteiger partial charge in [-0.2, -0.15) is 0 Å². The molecule has 4 heteroatoms. The Morgan fingerprint density at radius 1 is 1.00 bits per heavy atom. The summed E-state index contributed by atoms with van der Waals surface area (Å²) in [7, 11) is 5.13. The summed E-state index contributed by atoms with van der Waals surface area (Å²) in [5.41, 5.74) is 2.94. The predicted octanol–water partition coefficient (Wildman–Crippen LogP) is 3.07. The number of esters is 1. The molecule has 2 aromatic rings. The summed E-state index contributed by atoms with van der Waals surface area (Å²) in [4.78, 5) is 14.3. The number of nitrogens with zero attached hydrogens (tertiary/aromatic N) is 1. The van der Waals surface area contributed by atoms with Crippen LogP contribution >= 0.6 is 0 Å². The number of methoxy groups -OCH3 is 2. The SMILES string of the molecule is COCCN(C)c1ccc(C(C(=O)OC)c2ccccc2)cc1. The van der Waals surface area contributed by atoms with Crippen LogP contribution in [0.2, 0.25) is 0 Å². The Kier molecular flexibility index (Phi) is 6.18. The highest BCUT2D eigenvalue weighted by molar-refractivity contribution is 5.82. The lowest BCUT2D eigenvalue weighted by Crippen LogP contribution is -2.22. The molecule has 0 aliphatic rings. The van der Waals surface area contributed by atoms with Crippen LogP contribution in [0.1, 0.15) is 17.0 Å². The maximum absolute atomic E-state index is 12.2. The predicted molar refractivity (Wildman–Crippen MR) is 91.9 cm³/mol. The third-order valence-electron chi connectivity index (χ3n) is 3.87. The number of hydrogen-bond acceptors (Lipinski definition) is 4. The van der Waals surface area contributed by atoms with Crippen molar-refractivity contribution in [1.82, 2.24) is 0 Å². The van der Waals surface area contributed by atoms with Gasteiger partial charge in [0.2, 0.25) is 0 Å². The summed E-state index contributed by atoms with van der Waals surface area (Å²) in [5.74, 6) is -0.656. The zero-order chi connectivity index (χ0) is 16.7. The molecule has 0 saturated carbocycles. The van der Waals surface area contributed by atoms with E-state index in [-0.39, 0.29) is 5.97 Å². The Bertz CT molecular complexity index is 610. The molecular weight excluding hydrogens is 290 g/mol. The number of likely N-dealkylation sites (N-methyl/N-ethyl adjacent to an activating group) is 1. The third kappa shape index (κ3) is 4.33. The average molecular weight is 313 g/mol. The fourth-order valence-electron chi connectivity index (χ4n) is 2.51. The van der Waals surface area contributed by atoms with Crippen molar-refractivity contribution in [3.8, 4) is 0 Å². The zero-order valence-corrected chi connectivity index (χ0v) is 13.9. The van der Waals surface area contributed by atoms with Gasteiger partial charge >= 0.3 is 5.97 Å². The molecule has 0 spiro atoms. The van der Waals surface area contributed by atoms with Crippen LogP contribution in [-0.2, 0) is 14.3 Å². The van der Waals surface area contributed by atoms with Crippen molar-refractivity contribution in [3.63, 3.8) is 0 Å². The van der Waals surface area contributed by atoms with Gasteiger partial charge in [-0.25, -0.2) is 0 Å². The van der Waals surface area contributed by atoms with Gasteiger partial charge in [-0.3, -0.25) is 4.79 Å². The summed E-state index contributed by atoms with van der Waals surface area (Å²) in [6.07, 6.45) is 0. The van der Waals surface area contributed by atoms with Gasteiger partial charge in [-0.15, -0.1) is 0 Å². The van der Waals surface area contributed by atoms with Gasteiger partial charge in [0.15, 0.2) is 0 Å². The molecular formula is C19H23NO3. The zero-order valence-electron chi connectivity index (χ0n) is 13.9. The van der Waals surface area contributed by atoms with E-state index in [1.807, 2.05) is 61.6 Å². The molecule has 2 rings (SSSR count). The van der Waals surface area contributed by atoms with E-state index in [1.165, 1.54) is 7.11 Å². The number of anilines is 1. The minimum absolute atomic E-state index is 0.253. The van der Waals surface area contributed by atoms with Crippen LogP contribution in [0.5, 0.6) is 0 Å². The summed E-state index contributed by atoms with van der Waals surface area (Å²) < 4.78 is 10.1. The number of benzene rings is 2. The van der Waals surface area contributed by atoms with E-state index in [2.05, 4.69) is 4.90 Å². The quantitative estimate of drug-likeness (QED) is 0.736. The fourth-order valence-corrected chi connectivity index (χ4v) is 2.51. The summed E-state index contributed by atoms with van der Waals surface area (Å²) in [6.45, 7) is 1.49. The van der Waals surface area contributed by atoms with E-state index in [1.54, 1.807) is 7.11 Å². The first-order valence-corrected chi connectivity index (χ1v) is 7.60. The van der Waals surface area contributed by atoms with Crippen molar-refractivity contribution >= 4 is 11.7 Å². The normalized spacial score (nSPS) is 11.8. The smallest absolute Gasteiger partial charge is 0.317 e. The van der Waals surface area contributed by atoms with Gasteiger partial charge in [-0.05, 0) is 23.3 Å². The molecule has 0 aliphatic carbocycles. The van der Waals surface area contributed by atoms with Crippen LogP contribution in [0, 0.1) is 0 Å². The summed E-state index contributed by atoms with van der Waals surface area (Å²) >= 11 is 0. The molecule has 0 radical (unpaired) electrons. The van der Waals surface area contributed by atoms with E-state index in [9.17, 15) is 4.79 Å². The van der Waals surface area contributed by atoms with E-state index >= 15 is 0 Å². The van der Waals surface area contributed by atoms with E-state index < -0.39 is 5.92 Å². The molecule has 4 nitrogen and oxygen atoms in total. The van der Waals surface area contributed by atoms with Gasteiger partial charge < -0.3 is 14.4 Å². The molecule has 0 saturated heterocycles. The summed E-state index contributed by atoms with van der Waals surface area (Å²) in [6, 6.07) is 17.7. The van der Waals surface area contributed by atoms with Gasteiger partial charge in [0.1, 0.15) is 5.92 Å². The summed E-state index contributed by atoms with van der Waals surface area (Å²) in [5, 5.41) is 0. The molecule has 0 amide bonds. The topological polar surface area (TPSA) is 38.8 Å². The molecule has 122 valence electrons. The first-order chi connectivity index (χ1) is 11.2. The molecule has 0 heterocycles. The maximum atomic E-state index is 12.2. The molecule has 0 N–H and O–H groups in total. The first-order valence-electron chi connectivity index (χ1n) is 7.60. The molecule has 2 aromatic carbocycles. The maximum Gasteiger partial charge on any atom is 0.317 e. The number of hydrogen-bond donors (Lipinski definition) is 0. The molecule has 0 aliphatic heterocycles. The Labute approximate surface area is 137 Å². The second kappa shape index (κ2) is 8.34. The minimum atomic E-state index is -0.403. The van der Waals surface area contributed by atoms with Crippen LogP contribution in [0.3, 0.4) is 0 Å². The Hall–Kier alpha value is -2.33. The Morgan fingerprint density at radius 3 is 2.17 bits per heavy atom. The standard InChI is InChI=1S/C19H23NO3/c1-20(13-14-22-2)17-11-9-16(10-12-17)18(19(21)23-3)15-7-5-4-6-8-15/h4-12,18H,13-14H2,1-3H3. The van der Waals surface area contributed by atoms with Crippen LogP contribution in [0.4, 0.5) is 5.69 Å². The van der Waals surface area contributed by atoms with Crippen LogP contribution in [-0.4, -0.2) is 40.4 Å². The van der Waals surface area contributed by atoms with E-state index in [4.69, 9.17) is 9.47 Å². The Balaban J connectivity index is 2.25. The molecule has 0 fully saturated rings.